The van der Waals surface area contributed by atoms with Gasteiger partial charge in [0.15, 0.2) is 0 Å². The number of aliphatic hydroxyl groups excluding tert-OH is 1. The highest BCUT2D eigenvalue weighted by Crippen LogP contribution is 2.27. The Bertz CT molecular complexity index is 579. The average molecular weight is 260 g/mol. The predicted octanol–water partition coefficient (Wildman–Crippen LogP) is 3.21. The second kappa shape index (κ2) is 5.45. The summed E-state index contributed by atoms with van der Waals surface area (Å²) in [6.07, 6.45) is 0. The van der Waals surface area contributed by atoms with Crippen molar-refractivity contribution < 1.29 is 9.50 Å². The minimum Gasteiger partial charge on any atom is -0.392 e. The van der Waals surface area contributed by atoms with Crippen LogP contribution in [-0.4, -0.2) is 15.1 Å². The maximum atomic E-state index is 13.0. The van der Waals surface area contributed by atoms with Crippen LogP contribution in [0.1, 0.15) is 36.8 Å². The molecule has 0 aliphatic heterocycles. The van der Waals surface area contributed by atoms with Gasteiger partial charge in [-0.1, -0.05) is 13.8 Å². The molecule has 1 N–H and O–H groups in total. The lowest BCUT2D eigenvalue weighted by Gasteiger charge is -2.15. The molecule has 0 radical (unpaired) electrons. The van der Waals surface area contributed by atoms with E-state index >= 15 is 0 Å². The van der Waals surface area contributed by atoms with Gasteiger partial charge in [-0.3, -0.25) is 0 Å². The van der Waals surface area contributed by atoms with Crippen molar-refractivity contribution in [2.45, 2.75) is 33.3 Å². The zero-order valence-corrected chi connectivity index (χ0v) is 11.3. The Morgan fingerprint density at radius 1 is 1.16 bits per heavy atom. The van der Waals surface area contributed by atoms with Crippen molar-refractivity contribution in [3.05, 3.63) is 47.2 Å². The fourth-order valence-corrected chi connectivity index (χ4v) is 2.10. The summed E-state index contributed by atoms with van der Waals surface area (Å²) in [6.45, 7) is 5.74. The Balaban J connectivity index is 2.64. The maximum absolute atomic E-state index is 13.0. The van der Waals surface area contributed by atoms with Gasteiger partial charge in [-0.2, -0.15) is 0 Å². The summed E-state index contributed by atoms with van der Waals surface area (Å²) in [4.78, 5) is 8.80. The van der Waals surface area contributed by atoms with E-state index in [4.69, 9.17) is 0 Å². The van der Waals surface area contributed by atoms with Crippen LogP contribution in [0, 0.1) is 12.7 Å². The first kappa shape index (κ1) is 13.6. The predicted molar refractivity (Wildman–Crippen MR) is 72.2 cm³/mol. The summed E-state index contributed by atoms with van der Waals surface area (Å²) < 4.78 is 13.0. The maximum Gasteiger partial charge on any atom is 0.126 e. The summed E-state index contributed by atoms with van der Waals surface area (Å²) in [7, 11) is 0. The van der Waals surface area contributed by atoms with Crippen LogP contribution in [0.4, 0.5) is 4.39 Å². The van der Waals surface area contributed by atoms with Gasteiger partial charge in [0, 0.05) is 11.1 Å². The number of aryl methyl sites for hydroxylation is 1. The monoisotopic (exact) mass is 260 g/mol. The van der Waals surface area contributed by atoms with Crippen LogP contribution in [0.25, 0.3) is 11.3 Å². The topological polar surface area (TPSA) is 46.0 Å². The molecule has 0 bridgehead atoms. The zero-order chi connectivity index (χ0) is 14.0. The van der Waals surface area contributed by atoms with E-state index in [1.165, 1.54) is 12.1 Å². The highest BCUT2D eigenvalue weighted by molar-refractivity contribution is 5.64. The van der Waals surface area contributed by atoms with Crippen molar-refractivity contribution in [1.29, 1.82) is 0 Å². The number of benzene rings is 1. The van der Waals surface area contributed by atoms with E-state index in [2.05, 4.69) is 9.97 Å². The lowest BCUT2D eigenvalue weighted by atomic mass is 9.99. The smallest absolute Gasteiger partial charge is 0.126 e. The van der Waals surface area contributed by atoms with Gasteiger partial charge in [-0.25, -0.2) is 14.4 Å². The molecule has 3 nitrogen and oxygen atoms in total. The Kier molecular flexibility index (Phi) is 3.90. The van der Waals surface area contributed by atoms with Crippen molar-refractivity contribution in [3.63, 3.8) is 0 Å². The summed E-state index contributed by atoms with van der Waals surface area (Å²) in [6, 6.07) is 6.12. The third-order valence-corrected chi connectivity index (χ3v) is 2.97. The molecular formula is C15H17FN2O. The van der Waals surface area contributed by atoms with Crippen molar-refractivity contribution in [3.8, 4) is 11.3 Å². The first-order chi connectivity index (χ1) is 9.02. The van der Waals surface area contributed by atoms with E-state index in [-0.39, 0.29) is 18.3 Å². The molecule has 4 heteroatoms. The second-order valence-corrected chi connectivity index (χ2v) is 4.80. The molecule has 0 unspecified atom stereocenters. The molecule has 0 amide bonds. The summed E-state index contributed by atoms with van der Waals surface area (Å²) in [5.74, 6) is 0.562. The van der Waals surface area contributed by atoms with Crippen molar-refractivity contribution in [2.75, 3.05) is 0 Å². The molecular weight excluding hydrogens is 243 g/mol. The van der Waals surface area contributed by atoms with Crippen LogP contribution in [0.3, 0.4) is 0 Å². The molecule has 0 aliphatic carbocycles. The number of halogens is 1. The molecule has 19 heavy (non-hydrogen) atoms. The van der Waals surface area contributed by atoms with Crippen molar-refractivity contribution in [1.82, 2.24) is 9.97 Å². The van der Waals surface area contributed by atoms with Crippen molar-refractivity contribution in [2.24, 2.45) is 0 Å². The van der Waals surface area contributed by atoms with Crippen LogP contribution in [0.5, 0.6) is 0 Å². The van der Waals surface area contributed by atoms with E-state index in [0.717, 1.165) is 11.3 Å². The molecule has 0 saturated heterocycles. The van der Waals surface area contributed by atoms with Gasteiger partial charge in [-0.05, 0) is 37.1 Å². The molecule has 100 valence electrons. The summed E-state index contributed by atoms with van der Waals surface area (Å²) in [5, 5.41) is 9.60. The molecule has 0 fully saturated rings. The SMILES string of the molecule is Cc1nc(-c2ccc(F)cc2)c(CO)c(C(C)C)n1. The number of aliphatic hydroxyl groups is 1. The normalized spacial score (nSPS) is 11.1. The van der Waals surface area contributed by atoms with Gasteiger partial charge < -0.3 is 5.11 Å². The summed E-state index contributed by atoms with van der Waals surface area (Å²) in [5.41, 5.74) is 3.03. The van der Waals surface area contributed by atoms with Gasteiger partial charge in [-0.15, -0.1) is 0 Å². The first-order valence-electron chi connectivity index (χ1n) is 6.27. The number of hydrogen-bond donors (Lipinski definition) is 1. The zero-order valence-electron chi connectivity index (χ0n) is 11.3. The first-order valence-corrected chi connectivity index (χ1v) is 6.27. The third-order valence-electron chi connectivity index (χ3n) is 2.97. The Morgan fingerprint density at radius 2 is 1.79 bits per heavy atom. The van der Waals surface area contributed by atoms with Gasteiger partial charge >= 0.3 is 0 Å². The third kappa shape index (κ3) is 2.79. The lowest BCUT2D eigenvalue weighted by molar-refractivity contribution is 0.279. The van der Waals surface area contributed by atoms with Crippen LogP contribution in [-0.2, 0) is 6.61 Å². The number of aromatic nitrogens is 2. The molecule has 0 spiro atoms. The van der Waals surface area contributed by atoms with Gasteiger partial charge in [0.2, 0.25) is 0 Å². The Hall–Kier alpha value is -1.81. The van der Waals surface area contributed by atoms with Crippen LogP contribution >= 0.6 is 0 Å². The minimum atomic E-state index is -0.288. The van der Waals surface area contributed by atoms with Crippen LogP contribution < -0.4 is 0 Å². The van der Waals surface area contributed by atoms with E-state index in [1.807, 2.05) is 20.8 Å². The second-order valence-electron chi connectivity index (χ2n) is 4.80. The van der Waals surface area contributed by atoms with Gasteiger partial charge in [0.05, 0.1) is 18.0 Å². The molecule has 0 saturated carbocycles. The molecule has 0 atom stereocenters. The largest absolute Gasteiger partial charge is 0.392 e. The van der Waals surface area contributed by atoms with Gasteiger partial charge in [0.25, 0.3) is 0 Å². The molecule has 2 aromatic rings. The molecule has 2 rings (SSSR count). The summed E-state index contributed by atoms with van der Waals surface area (Å²) >= 11 is 0. The molecule has 1 aromatic carbocycles. The van der Waals surface area contributed by atoms with Crippen LogP contribution in [0.15, 0.2) is 24.3 Å². The molecule has 1 heterocycles. The molecule has 1 aromatic heterocycles. The Labute approximate surface area is 112 Å². The fraction of sp³-hybridized carbons (Fsp3) is 0.333. The number of hydrogen-bond acceptors (Lipinski definition) is 3. The fourth-order valence-electron chi connectivity index (χ4n) is 2.10. The van der Waals surface area contributed by atoms with Gasteiger partial charge in [0.1, 0.15) is 11.6 Å². The Morgan fingerprint density at radius 3 is 2.32 bits per heavy atom. The lowest BCUT2D eigenvalue weighted by Crippen LogP contribution is -2.07. The van der Waals surface area contributed by atoms with Crippen molar-refractivity contribution >= 4 is 0 Å². The van der Waals surface area contributed by atoms with E-state index in [0.29, 0.717) is 17.1 Å². The minimum absolute atomic E-state index is 0.125. The number of nitrogens with zero attached hydrogens (tertiary/aromatic N) is 2. The molecule has 0 aliphatic rings. The highest BCUT2D eigenvalue weighted by atomic mass is 19.1. The average Bonchev–Trinajstić information content (AvgIpc) is 2.38. The number of rotatable bonds is 3. The quantitative estimate of drug-likeness (QED) is 0.921. The van der Waals surface area contributed by atoms with Crippen LogP contribution in [0.2, 0.25) is 0 Å². The highest BCUT2D eigenvalue weighted by Gasteiger charge is 2.16. The standard InChI is InChI=1S/C15H17FN2O/c1-9(2)14-13(8-19)15(18-10(3)17-14)11-4-6-12(16)7-5-11/h4-7,9,19H,8H2,1-3H3. The van der Waals surface area contributed by atoms with E-state index in [9.17, 15) is 9.50 Å². The van der Waals surface area contributed by atoms with E-state index < -0.39 is 0 Å². The van der Waals surface area contributed by atoms with E-state index in [1.54, 1.807) is 12.1 Å².